The number of carbonyl (C=O) groups is 3. The number of hydrogen-bond donors (Lipinski definition) is 1. The van der Waals surface area contributed by atoms with Gasteiger partial charge < -0.3 is 19.6 Å². The SMILES string of the molecule is C=CCN(C(=O)C1N([C@@H](CC)CO)C(=O)[C@@H]2[C@H](C(=O)OCC)[C@@H]3CC(C)C12S3)C(C)(C)C. The third-order valence-electron chi connectivity index (χ3n) is 7.44. The number of aliphatic hydroxyl groups is 1. The first-order chi connectivity index (χ1) is 15.0. The lowest BCUT2D eigenvalue weighted by Gasteiger charge is -2.45. The second-order valence-corrected chi connectivity index (χ2v) is 11.8. The average molecular weight is 467 g/mol. The minimum atomic E-state index is -0.735. The Bertz CT molecular complexity index is 777. The lowest BCUT2D eigenvalue weighted by molar-refractivity contribution is -0.154. The fourth-order valence-corrected chi connectivity index (χ4v) is 8.41. The molecular weight excluding hydrogens is 428 g/mol. The summed E-state index contributed by atoms with van der Waals surface area (Å²) in [5.41, 5.74) is -0.472. The molecule has 2 bridgehead atoms. The highest BCUT2D eigenvalue weighted by atomic mass is 32.2. The van der Waals surface area contributed by atoms with Gasteiger partial charge in [0, 0.05) is 17.3 Å². The molecule has 3 aliphatic rings. The van der Waals surface area contributed by atoms with E-state index in [1.807, 2.05) is 27.7 Å². The molecule has 32 heavy (non-hydrogen) atoms. The van der Waals surface area contributed by atoms with Crippen molar-refractivity contribution in [2.45, 2.75) is 82.0 Å². The molecule has 3 fully saturated rings. The minimum Gasteiger partial charge on any atom is -0.466 e. The van der Waals surface area contributed by atoms with Crippen molar-refractivity contribution in [3.05, 3.63) is 12.7 Å². The van der Waals surface area contributed by atoms with Crippen molar-refractivity contribution in [3.8, 4) is 0 Å². The summed E-state index contributed by atoms with van der Waals surface area (Å²) >= 11 is 1.63. The molecule has 0 saturated carbocycles. The monoisotopic (exact) mass is 466 g/mol. The third-order valence-corrected chi connectivity index (χ3v) is 9.52. The molecule has 7 atom stereocenters. The Kier molecular flexibility index (Phi) is 7.06. The van der Waals surface area contributed by atoms with Gasteiger partial charge in [0.1, 0.15) is 6.04 Å². The molecular formula is C24H38N2O5S. The van der Waals surface area contributed by atoms with E-state index in [1.54, 1.807) is 34.6 Å². The van der Waals surface area contributed by atoms with Crippen molar-refractivity contribution in [1.29, 1.82) is 0 Å². The van der Waals surface area contributed by atoms with Crippen LogP contribution in [0.2, 0.25) is 0 Å². The molecule has 3 unspecified atom stereocenters. The Morgan fingerprint density at radius 3 is 2.56 bits per heavy atom. The van der Waals surface area contributed by atoms with Crippen LogP contribution in [-0.2, 0) is 19.1 Å². The molecule has 0 aromatic heterocycles. The normalized spacial score (nSPS) is 34.4. The van der Waals surface area contributed by atoms with Gasteiger partial charge in [-0.2, -0.15) is 0 Å². The Hall–Kier alpha value is -1.54. The highest BCUT2D eigenvalue weighted by Crippen LogP contribution is 2.69. The highest BCUT2D eigenvalue weighted by molar-refractivity contribution is 8.02. The van der Waals surface area contributed by atoms with Gasteiger partial charge >= 0.3 is 5.97 Å². The van der Waals surface area contributed by atoms with Crippen LogP contribution in [0.1, 0.15) is 54.4 Å². The summed E-state index contributed by atoms with van der Waals surface area (Å²) in [6.45, 7) is 15.9. The zero-order chi connectivity index (χ0) is 24.0. The number of nitrogens with zero attached hydrogens (tertiary/aromatic N) is 2. The molecule has 1 spiro atoms. The summed E-state index contributed by atoms with van der Waals surface area (Å²) in [6.07, 6.45) is 2.99. The summed E-state index contributed by atoms with van der Waals surface area (Å²) in [5.74, 6) is -1.76. The van der Waals surface area contributed by atoms with Crippen molar-refractivity contribution in [2.75, 3.05) is 19.8 Å². The fraction of sp³-hybridized carbons (Fsp3) is 0.792. The van der Waals surface area contributed by atoms with E-state index in [1.165, 1.54) is 0 Å². The zero-order valence-electron chi connectivity index (χ0n) is 20.2. The number of aliphatic hydroxyl groups excluding tert-OH is 1. The molecule has 3 aliphatic heterocycles. The Balaban J connectivity index is 2.16. The molecule has 8 heteroatoms. The van der Waals surface area contributed by atoms with Crippen LogP contribution in [0.5, 0.6) is 0 Å². The van der Waals surface area contributed by atoms with Gasteiger partial charge in [-0.1, -0.05) is 19.9 Å². The van der Waals surface area contributed by atoms with E-state index >= 15 is 0 Å². The predicted octanol–water partition coefficient (Wildman–Crippen LogP) is 2.47. The maximum atomic E-state index is 14.2. The second-order valence-electron chi connectivity index (χ2n) is 10.2. The third kappa shape index (κ3) is 3.58. The van der Waals surface area contributed by atoms with Crippen molar-refractivity contribution in [1.82, 2.24) is 9.80 Å². The number of esters is 1. The molecule has 0 aliphatic carbocycles. The number of rotatable bonds is 8. The number of thioether (sulfide) groups is 1. The standard InChI is InChI=1S/C24H38N2O5S/c1-8-11-25(23(5,6)7)21(29)19-24-14(4)12-16(32-24)17(22(30)31-10-3)18(24)20(28)26(19)15(9-2)13-27/h8,14-19,27H,1,9-13H2,2-7H3/t14?,15-,16-,17+,18-,19?,24?/m0/s1. The van der Waals surface area contributed by atoms with E-state index in [0.29, 0.717) is 13.0 Å². The molecule has 1 N–H and O–H groups in total. The van der Waals surface area contributed by atoms with E-state index in [0.717, 1.165) is 6.42 Å². The number of ether oxygens (including phenoxy) is 1. The van der Waals surface area contributed by atoms with Crippen LogP contribution < -0.4 is 0 Å². The Morgan fingerprint density at radius 1 is 1.41 bits per heavy atom. The zero-order valence-corrected chi connectivity index (χ0v) is 21.0. The van der Waals surface area contributed by atoms with Crippen molar-refractivity contribution >= 4 is 29.5 Å². The Morgan fingerprint density at radius 2 is 2.06 bits per heavy atom. The summed E-state index contributed by atoms with van der Waals surface area (Å²) < 4.78 is 4.67. The molecule has 180 valence electrons. The lowest BCUT2D eigenvalue weighted by Crippen LogP contribution is -2.61. The van der Waals surface area contributed by atoms with Crippen molar-refractivity contribution in [3.63, 3.8) is 0 Å². The molecule has 3 heterocycles. The van der Waals surface area contributed by atoms with Crippen LogP contribution in [0.15, 0.2) is 12.7 Å². The quantitative estimate of drug-likeness (QED) is 0.437. The average Bonchev–Trinajstić information content (AvgIpc) is 3.30. The molecule has 7 nitrogen and oxygen atoms in total. The highest BCUT2D eigenvalue weighted by Gasteiger charge is 2.77. The second kappa shape index (κ2) is 9.01. The summed E-state index contributed by atoms with van der Waals surface area (Å²) in [5, 5.41) is 10.1. The first-order valence-electron chi connectivity index (χ1n) is 11.7. The van der Waals surface area contributed by atoms with Crippen molar-refractivity contribution in [2.24, 2.45) is 17.8 Å². The van der Waals surface area contributed by atoms with Crippen LogP contribution in [0, 0.1) is 17.8 Å². The first kappa shape index (κ1) is 25.1. The molecule has 0 aromatic rings. The van der Waals surface area contributed by atoms with Gasteiger partial charge in [-0.25, -0.2) is 0 Å². The molecule has 3 rings (SSSR count). The number of amides is 2. The van der Waals surface area contributed by atoms with Crippen LogP contribution in [0.3, 0.4) is 0 Å². The summed E-state index contributed by atoms with van der Waals surface area (Å²) in [4.78, 5) is 44.5. The Labute approximate surface area is 195 Å². The molecule has 3 saturated heterocycles. The maximum absolute atomic E-state index is 14.2. The smallest absolute Gasteiger partial charge is 0.310 e. The largest absolute Gasteiger partial charge is 0.466 e. The lowest BCUT2D eigenvalue weighted by atomic mass is 9.66. The fourth-order valence-electron chi connectivity index (χ4n) is 6.02. The maximum Gasteiger partial charge on any atom is 0.310 e. The van der Waals surface area contributed by atoms with Crippen LogP contribution >= 0.6 is 11.8 Å². The molecule has 0 radical (unpaired) electrons. The van der Waals surface area contributed by atoms with E-state index in [2.05, 4.69) is 13.5 Å². The molecule has 0 aromatic carbocycles. The van der Waals surface area contributed by atoms with Crippen LogP contribution in [-0.4, -0.2) is 80.1 Å². The van der Waals surface area contributed by atoms with Gasteiger partial charge in [0.15, 0.2) is 0 Å². The predicted molar refractivity (Wildman–Crippen MR) is 125 cm³/mol. The number of hydrogen-bond acceptors (Lipinski definition) is 6. The van der Waals surface area contributed by atoms with E-state index in [9.17, 15) is 19.5 Å². The van der Waals surface area contributed by atoms with Crippen molar-refractivity contribution < 1.29 is 24.2 Å². The van der Waals surface area contributed by atoms with E-state index in [4.69, 9.17) is 4.74 Å². The van der Waals surface area contributed by atoms with Gasteiger partial charge in [-0.05, 0) is 46.5 Å². The van der Waals surface area contributed by atoms with Gasteiger partial charge in [0.25, 0.3) is 0 Å². The number of carbonyl (C=O) groups excluding carboxylic acids is 3. The topological polar surface area (TPSA) is 87.2 Å². The van der Waals surface area contributed by atoms with Gasteiger partial charge in [-0.15, -0.1) is 18.3 Å². The van der Waals surface area contributed by atoms with Gasteiger partial charge in [0.05, 0.1) is 35.8 Å². The first-order valence-corrected chi connectivity index (χ1v) is 12.6. The minimum absolute atomic E-state index is 0.0351. The number of likely N-dealkylation sites (tertiary alicyclic amines) is 1. The molecule has 2 amide bonds. The number of fused-ring (bicyclic) bond motifs is 1. The van der Waals surface area contributed by atoms with E-state index in [-0.39, 0.29) is 42.2 Å². The van der Waals surface area contributed by atoms with Crippen LogP contribution in [0.25, 0.3) is 0 Å². The van der Waals surface area contributed by atoms with Gasteiger partial charge in [0.2, 0.25) is 11.8 Å². The van der Waals surface area contributed by atoms with Gasteiger partial charge in [-0.3, -0.25) is 14.4 Å². The summed E-state index contributed by atoms with van der Waals surface area (Å²) in [6, 6.07) is -1.21. The summed E-state index contributed by atoms with van der Waals surface area (Å²) in [7, 11) is 0. The van der Waals surface area contributed by atoms with E-state index < -0.39 is 34.2 Å². The van der Waals surface area contributed by atoms with Crippen LogP contribution in [0.4, 0.5) is 0 Å².